The van der Waals surface area contributed by atoms with Crippen LogP contribution in [0.15, 0.2) is 12.2 Å². The van der Waals surface area contributed by atoms with E-state index in [1.165, 1.54) is 0 Å². The molecule has 0 aliphatic heterocycles. The van der Waals surface area contributed by atoms with E-state index in [0.717, 1.165) is 32.4 Å². The van der Waals surface area contributed by atoms with Crippen molar-refractivity contribution in [3.05, 3.63) is 12.2 Å². The molecule has 0 aliphatic rings. The molecular formula is C8H17NO. The lowest BCUT2D eigenvalue weighted by Gasteiger charge is -1.92. The predicted molar refractivity (Wildman–Crippen MR) is 43.9 cm³/mol. The summed E-state index contributed by atoms with van der Waals surface area (Å²) in [5.41, 5.74) is 5.29. The van der Waals surface area contributed by atoms with Crippen molar-refractivity contribution in [1.29, 1.82) is 0 Å². The fourth-order valence-electron chi connectivity index (χ4n) is 0.677. The van der Waals surface area contributed by atoms with Gasteiger partial charge in [0.25, 0.3) is 0 Å². The fraction of sp³-hybridized carbons (Fsp3) is 0.750. The van der Waals surface area contributed by atoms with Crippen LogP contribution < -0.4 is 5.73 Å². The molecule has 0 amide bonds. The topological polar surface area (TPSA) is 35.2 Å². The van der Waals surface area contributed by atoms with Crippen LogP contribution in [0.3, 0.4) is 0 Å². The lowest BCUT2D eigenvalue weighted by Crippen LogP contribution is -1.95. The molecule has 0 saturated heterocycles. The minimum atomic E-state index is 0.751. The molecule has 2 heteroatoms. The molecule has 2 nitrogen and oxygen atoms in total. The number of unbranched alkanes of at least 4 members (excludes halogenated alkanes) is 1. The van der Waals surface area contributed by atoms with Crippen molar-refractivity contribution in [1.82, 2.24) is 0 Å². The van der Waals surface area contributed by atoms with Crippen molar-refractivity contribution in [3.63, 3.8) is 0 Å². The van der Waals surface area contributed by atoms with Crippen LogP contribution in [0.5, 0.6) is 0 Å². The van der Waals surface area contributed by atoms with Gasteiger partial charge in [-0.05, 0) is 25.8 Å². The van der Waals surface area contributed by atoms with Gasteiger partial charge in [-0.2, -0.15) is 0 Å². The summed E-state index contributed by atoms with van der Waals surface area (Å²) in [5.74, 6) is 0. The van der Waals surface area contributed by atoms with Crippen molar-refractivity contribution in [2.45, 2.75) is 19.3 Å². The van der Waals surface area contributed by atoms with Crippen molar-refractivity contribution in [2.75, 3.05) is 20.3 Å². The Hall–Kier alpha value is -0.340. The standard InChI is InChI=1S/C8H17NO/c1-10-8-6-4-2-3-5-7-9/h2-3H,4-9H2,1H3/b3-2-. The van der Waals surface area contributed by atoms with Gasteiger partial charge in [0.15, 0.2) is 0 Å². The minimum absolute atomic E-state index is 0.751. The zero-order valence-corrected chi connectivity index (χ0v) is 6.68. The number of allylic oxidation sites excluding steroid dienone is 1. The molecule has 0 bridgehead atoms. The van der Waals surface area contributed by atoms with Crippen molar-refractivity contribution >= 4 is 0 Å². The van der Waals surface area contributed by atoms with E-state index >= 15 is 0 Å². The first-order valence-electron chi connectivity index (χ1n) is 3.76. The highest BCUT2D eigenvalue weighted by molar-refractivity contribution is 4.81. The van der Waals surface area contributed by atoms with Crippen molar-refractivity contribution in [3.8, 4) is 0 Å². The van der Waals surface area contributed by atoms with Gasteiger partial charge in [-0.15, -0.1) is 0 Å². The van der Waals surface area contributed by atoms with Crippen LogP contribution in [0.25, 0.3) is 0 Å². The van der Waals surface area contributed by atoms with E-state index in [-0.39, 0.29) is 0 Å². The first-order chi connectivity index (χ1) is 4.91. The molecule has 0 aliphatic carbocycles. The van der Waals surface area contributed by atoms with Crippen LogP contribution in [0, 0.1) is 0 Å². The summed E-state index contributed by atoms with van der Waals surface area (Å²) >= 11 is 0. The Balaban J connectivity index is 2.88. The minimum Gasteiger partial charge on any atom is -0.385 e. The van der Waals surface area contributed by atoms with Crippen LogP contribution in [-0.4, -0.2) is 20.3 Å². The zero-order valence-electron chi connectivity index (χ0n) is 6.68. The van der Waals surface area contributed by atoms with E-state index in [0.29, 0.717) is 0 Å². The van der Waals surface area contributed by atoms with Gasteiger partial charge in [0.1, 0.15) is 0 Å². The van der Waals surface area contributed by atoms with Crippen LogP contribution in [0.4, 0.5) is 0 Å². The molecule has 0 spiro atoms. The van der Waals surface area contributed by atoms with Gasteiger partial charge < -0.3 is 10.5 Å². The smallest absolute Gasteiger partial charge is 0.0465 e. The van der Waals surface area contributed by atoms with E-state index < -0.39 is 0 Å². The highest BCUT2D eigenvalue weighted by atomic mass is 16.5. The van der Waals surface area contributed by atoms with Gasteiger partial charge >= 0.3 is 0 Å². The molecule has 0 rings (SSSR count). The summed E-state index contributed by atoms with van der Waals surface area (Å²) in [6, 6.07) is 0. The Bertz CT molecular complexity index is 81.3. The largest absolute Gasteiger partial charge is 0.385 e. The Morgan fingerprint density at radius 3 is 2.60 bits per heavy atom. The quantitative estimate of drug-likeness (QED) is 0.449. The third-order valence-electron chi connectivity index (χ3n) is 1.22. The Labute approximate surface area is 63.1 Å². The van der Waals surface area contributed by atoms with Crippen LogP contribution in [0.1, 0.15) is 19.3 Å². The van der Waals surface area contributed by atoms with Gasteiger partial charge in [-0.3, -0.25) is 0 Å². The molecule has 0 aromatic rings. The van der Waals surface area contributed by atoms with Gasteiger partial charge in [0, 0.05) is 13.7 Å². The van der Waals surface area contributed by atoms with Gasteiger partial charge in [-0.25, -0.2) is 0 Å². The molecule has 0 unspecified atom stereocenters. The molecular weight excluding hydrogens is 126 g/mol. The average Bonchev–Trinajstić information content (AvgIpc) is 1.97. The predicted octanol–water partition coefficient (Wildman–Crippen LogP) is 1.32. The van der Waals surface area contributed by atoms with Gasteiger partial charge in [0.2, 0.25) is 0 Å². The van der Waals surface area contributed by atoms with Crippen molar-refractivity contribution in [2.24, 2.45) is 5.73 Å². The molecule has 0 aromatic heterocycles. The third kappa shape index (κ3) is 7.66. The van der Waals surface area contributed by atoms with E-state index in [1.807, 2.05) is 0 Å². The van der Waals surface area contributed by atoms with E-state index in [2.05, 4.69) is 12.2 Å². The third-order valence-corrected chi connectivity index (χ3v) is 1.22. The molecule has 0 atom stereocenters. The molecule has 0 fully saturated rings. The van der Waals surface area contributed by atoms with Crippen LogP contribution in [0.2, 0.25) is 0 Å². The summed E-state index contributed by atoms with van der Waals surface area (Å²) in [7, 11) is 1.73. The highest BCUT2D eigenvalue weighted by Gasteiger charge is 1.80. The van der Waals surface area contributed by atoms with E-state index in [1.54, 1.807) is 7.11 Å². The Kier molecular flexibility index (Phi) is 8.37. The molecule has 0 radical (unpaired) electrons. The second-order valence-corrected chi connectivity index (χ2v) is 2.18. The maximum Gasteiger partial charge on any atom is 0.0465 e. The van der Waals surface area contributed by atoms with Gasteiger partial charge in [0.05, 0.1) is 0 Å². The molecule has 60 valence electrons. The lowest BCUT2D eigenvalue weighted by atomic mass is 10.3. The zero-order chi connectivity index (χ0) is 7.66. The SMILES string of the molecule is COCCC/C=C\CCN. The van der Waals surface area contributed by atoms with E-state index in [9.17, 15) is 0 Å². The molecule has 0 aromatic carbocycles. The second kappa shape index (κ2) is 8.66. The Morgan fingerprint density at radius 2 is 2.00 bits per heavy atom. The fourth-order valence-corrected chi connectivity index (χ4v) is 0.677. The summed E-state index contributed by atoms with van der Waals surface area (Å²) in [5, 5.41) is 0. The monoisotopic (exact) mass is 143 g/mol. The molecule has 0 heterocycles. The van der Waals surface area contributed by atoms with Gasteiger partial charge in [-0.1, -0.05) is 12.2 Å². The molecule has 10 heavy (non-hydrogen) atoms. The number of hydrogen-bond donors (Lipinski definition) is 1. The normalized spacial score (nSPS) is 11.0. The van der Waals surface area contributed by atoms with Crippen LogP contribution >= 0.6 is 0 Å². The van der Waals surface area contributed by atoms with Crippen molar-refractivity contribution < 1.29 is 4.74 Å². The molecule has 2 N–H and O–H groups in total. The average molecular weight is 143 g/mol. The Morgan fingerprint density at radius 1 is 1.30 bits per heavy atom. The number of ether oxygens (including phenoxy) is 1. The molecule has 0 saturated carbocycles. The summed E-state index contributed by atoms with van der Waals surface area (Å²) in [6.07, 6.45) is 7.49. The van der Waals surface area contributed by atoms with Crippen LogP contribution in [-0.2, 0) is 4.74 Å². The summed E-state index contributed by atoms with van der Waals surface area (Å²) < 4.78 is 4.89. The first-order valence-corrected chi connectivity index (χ1v) is 3.76. The number of hydrogen-bond acceptors (Lipinski definition) is 2. The number of rotatable bonds is 6. The summed E-state index contributed by atoms with van der Waals surface area (Å²) in [6.45, 7) is 1.60. The second-order valence-electron chi connectivity index (χ2n) is 2.18. The summed E-state index contributed by atoms with van der Waals surface area (Å²) in [4.78, 5) is 0. The number of nitrogens with two attached hydrogens (primary N) is 1. The van der Waals surface area contributed by atoms with E-state index in [4.69, 9.17) is 10.5 Å². The maximum atomic E-state index is 5.29. The lowest BCUT2D eigenvalue weighted by molar-refractivity contribution is 0.196. The first kappa shape index (κ1) is 9.66. The highest BCUT2D eigenvalue weighted by Crippen LogP contribution is 1.91. The maximum absolute atomic E-state index is 5.29. The number of methoxy groups -OCH3 is 1.